The van der Waals surface area contributed by atoms with Gasteiger partial charge in [0.15, 0.2) is 0 Å². The van der Waals surface area contributed by atoms with E-state index in [1.54, 1.807) is 0 Å². The third kappa shape index (κ3) is 2.65. The molecule has 0 aliphatic heterocycles. The van der Waals surface area contributed by atoms with Crippen molar-refractivity contribution in [2.24, 2.45) is 0 Å². The van der Waals surface area contributed by atoms with Crippen molar-refractivity contribution in [3.05, 3.63) is 58.3 Å². The van der Waals surface area contributed by atoms with Gasteiger partial charge in [-0.2, -0.15) is 0 Å². The van der Waals surface area contributed by atoms with Gasteiger partial charge in [0.1, 0.15) is 0 Å². The van der Waals surface area contributed by atoms with Crippen LogP contribution in [0.5, 0.6) is 0 Å². The first-order valence-electron chi connectivity index (χ1n) is 6.48. The Morgan fingerprint density at radius 2 is 1.83 bits per heavy atom. The van der Waals surface area contributed by atoms with Gasteiger partial charge in [-0.05, 0) is 23.6 Å². The Labute approximate surface area is 114 Å². The lowest BCUT2D eigenvalue weighted by atomic mass is 9.77. The van der Waals surface area contributed by atoms with Gasteiger partial charge in [0, 0.05) is 10.3 Å². The number of hydrogen-bond donors (Lipinski definition) is 1. The monoisotopic (exact) mass is 259 g/mol. The van der Waals surface area contributed by atoms with Crippen LogP contribution in [0.1, 0.15) is 37.3 Å². The highest BCUT2D eigenvalue weighted by atomic mass is 32.1. The number of rotatable bonds is 5. The van der Waals surface area contributed by atoms with E-state index in [0.29, 0.717) is 6.04 Å². The molecule has 0 saturated carbocycles. The number of likely N-dealkylation sites (N-methyl/N-ethyl adjacent to an activating group) is 1. The summed E-state index contributed by atoms with van der Waals surface area (Å²) < 4.78 is 0. The van der Waals surface area contributed by atoms with E-state index in [1.165, 1.54) is 10.4 Å². The maximum absolute atomic E-state index is 3.63. The molecule has 0 aliphatic rings. The van der Waals surface area contributed by atoms with Crippen LogP contribution >= 0.6 is 11.3 Å². The van der Waals surface area contributed by atoms with Crippen LogP contribution in [0, 0.1) is 0 Å². The van der Waals surface area contributed by atoms with Gasteiger partial charge < -0.3 is 5.32 Å². The van der Waals surface area contributed by atoms with Gasteiger partial charge in [0.2, 0.25) is 0 Å². The maximum Gasteiger partial charge on any atom is 0.0507 e. The molecule has 1 heterocycles. The normalized spacial score (nSPS) is 13.5. The topological polar surface area (TPSA) is 12.0 Å². The van der Waals surface area contributed by atoms with E-state index < -0.39 is 0 Å². The minimum absolute atomic E-state index is 0.0854. The first-order chi connectivity index (χ1) is 8.66. The highest BCUT2D eigenvalue weighted by Gasteiger charge is 2.32. The third-order valence-corrected chi connectivity index (χ3v) is 4.41. The zero-order chi connectivity index (χ0) is 13.0. The molecule has 0 radical (unpaired) electrons. The zero-order valence-electron chi connectivity index (χ0n) is 11.3. The molecule has 1 aromatic heterocycles. The Hall–Kier alpha value is -1.12. The molecule has 0 amide bonds. The van der Waals surface area contributed by atoms with Gasteiger partial charge in [0.05, 0.1) is 6.04 Å². The van der Waals surface area contributed by atoms with Crippen LogP contribution in [0.3, 0.4) is 0 Å². The Kier molecular flexibility index (Phi) is 4.20. The van der Waals surface area contributed by atoms with Gasteiger partial charge in [-0.15, -0.1) is 11.3 Å². The zero-order valence-corrected chi connectivity index (χ0v) is 12.1. The Balaban J connectivity index is 2.36. The molecular weight excluding hydrogens is 238 g/mol. The molecule has 1 nitrogen and oxygen atoms in total. The summed E-state index contributed by atoms with van der Waals surface area (Å²) >= 11 is 1.83. The minimum atomic E-state index is 0.0854. The fourth-order valence-electron chi connectivity index (χ4n) is 2.41. The molecular formula is C16H21NS. The van der Waals surface area contributed by atoms with Crippen LogP contribution in [-0.2, 0) is 5.41 Å². The molecule has 2 aromatic rings. The summed E-state index contributed by atoms with van der Waals surface area (Å²) in [7, 11) is 0. The fraction of sp³-hybridized carbons (Fsp3) is 0.375. The smallest absolute Gasteiger partial charge is 0.0507 e. The van der Waals surface area contributed by atoms with Gasteiger partial charge in [0.25, 0.3) is 0 Å². The van der Waals surface area contributed by atoms with E-state index in [0.717, 1.165) is 6.54 Å². The van der Waals surface area contributed by atoms with Crippen molar-refractivity contribution < 1.29 is 0 Å². The highest BCUT2D eigenvalue weighted by molar-refractivity contribution is 7.10. The Morgan fingerprint density at radius 1 is 1.11 bits per heavy atom. The van der Waals surface area contributed by atoms with Gasteiger partial charge in [-0.3, -0.25) is 0 Å². The van der Waals surface area contributed by atoms with Crippen molar-refractivity contribution in [1.82, 2.24) is 5.32 Å². The van der Waals surface area contributed by atoms with Crippen LogP contribution in [0.15, 0.2) is 47.8 Å². The predicted molar refractivity (Wildman–Crippen MR) is 80.2 cm³/mol. The van der Waals surface area contributed by atoms with Crippen molar-refractivity contribution in [2.45, 2.75) is 32.2 Å². The average Bonchev–Trinajstić information content (AvgIpc) is 2.90. The van der Waals surface area contributed by atoms with Crippen molar-refractivity contribution in [1.29, 1.82) is 0 Å². The molecule has 2 rings (SSSR count). The summed E-state index contributed by atoms with van der Waals surface area (Å²) in [5, 5.41) is 5.79. The fourth-order valence-corrected chi connectivity index (χ4v) is 3.39. The third-order valence-electron chi connectivity index (χ3n) is 3.48. The predicted octanol–water partition coefficient (Wildman–Crippen LogP) is 4.38. The Morgan fingerprint density at radius 3 is 2.39 bits per heavy atom. The van der Waals surface area contributed by atoms with Gasteiger partial charge in [-0.25, -0.2) is 0 Å². The van der Waals surface area contributed by atoms with Crippen LogP contribution in [0.25, 0.3) is 0 Å². The van der Waals surface area contributed by atoms with Crippen molar-refractivity contribution in [3.8, 4) is 0 Å². The Bertz CT molecular complexity index is 459. The second-order valence-corrected chi connectivity index (χ2v) is 6.07. The van der Waals surface area contributed by atoms with Gasteiger partial charge in [-0.1, -0.05) is 57.2 Å². The lowest BCUT2D eigenvalue weighted by Crippen LogP contribution is -2.36. The molecule has 1 aromatic carbocycles. The summed E-state index contributed by atoms with van der Waals surface area (Å²) in [4.78, 5) is 1.41. The van der Waals surface area contributed by atoms with E-state index >= 15 is 0 Å². The van der Waals surface area contributed by atoms with E-state index in [2.05, 4.69) is 73.9 Å². The van der Waals surface area contributed by atoms with Crippen molar-refractivity contribution in [2.75, 3.05) is 6.54 Å². The molecule has 18 heavy (non-hydrogen) atoms. The summed E-state index contributed by atoms with van der Waals surface area (Å²) in [5.74, 6) is 0. The van der Waals surface area contributed by atoms with Crippen LogP contribution < -0.4 is 5.32 Å². The molecule has 0 aliphatic carbocycles. The average molecular weight is 259 g/mol. The first-order valence-corrected chi connectivity index (χ1v) is 7.36. The molecule has 1 atom stereocenters. The van der Waals surface area contributed by atoms with Crippen molar-refractivity contribution in [3.63, 3.8) is 0 Å². The quantitative estimate of drug-likeness (QED) is 0.840. The SMILES string of the molecule is CCNC(c1cccs1)C(C)(C)c1ccccc1. The number of benzene rings is 1. The molecule has 0 fully saturated rings. The van der Waals surface area contributed by atoms with Crippen LogP contribution in [-0.4, -0.2) is 6.54 Å². The maximum atomic E-state index is 3.63. The molecule has 0 saturated heterocycles. The molecule has 1 unspecified atom stereocenters. The standard InChI is InChI=1S/C16H21NS/c1-4-17-15(14-11-8-12-18-14)16(2,3)13-9-6-5-7-10-13/h5-12,15,17H,4H2,1-3H3. The number of hydrogen-bond acceptors (Lipinski definition) is 2. The van der Waals surface area contributed by atoms with Crippen molar-refractivity contribution >= 4 is 11.3 Å². The molecule has 2 heteroatoms. The van der Waals surface area contributed by atoms with E-state index in [9.17, 15) is 0 Å². The largest absolute Gasteiger partial charge is 0.309 e. The first kappa shape index (κ1) is 13.3. The lowest BCUT2D eigenvalue weighted by molar-refractivity contribution is 0.359. The molecule has 0 bridgehead atoms. The lowest BCUT2D eigenvalue weighted by Gasteiger charge is -2.35. The summed E-state index contributed by atoms with van der Waals surface area (Å²) in [6.45, 7) is 7.78. The summed E-state index contributed by atoms with van der Waals surface area (Å²) in [6.07, 6.45) is 0. The number of nitrogens with one attached hydrogen (secondary N) is 1. The van der Waals surface area contributed by atoms with E-state index in [1.807, 2.05) is 11.3 Å². The molecule has 0 spiro atoms. The summed E-state index contributed by atoms with van der Waals surface area (Å²) in [5.41, 5.74) is 1.46. The second kappa shape index (κ2) is 5.68. The minimum Gasteiger partial charge on any atom is -0.309 e. The summed E-state index contributed by atoms with van der Waals surface area (Å²) in [6, 6.07) is 15.5. The molecule has 1 N–H and O–H groups in total. The van der Waals surface area contributed by atoms with E-state index in [4.69, 9.17) is 0 Å². The van der Waals surface area contributed by atoms with Crippen LogP contribution in [0.2, 0.25) is 0 Å². The highest BCUT2D eigenvalue weighted by Crippen LogP contribution is 2.38. The van der Waals surface area contributed by atoms with Gasteiger partial charge >= 0.3 is 0 Å². The molecule has 96 valence electrons. The number of thiophene rings is 1. The van der Waals surface area contributed by atoms with E-state index in [-0.39, 0.29) is 5.41 Å². The van der Waals surface area contributed by atoms with Crippen LogP contribution in [0.4, 0.5) is 0 Å². The second-order valence-electron chi connectivity index (χ2n) is 5.09.